The Balaban J connectivity index is 2.27. The molecule has 0 saturated heterocycles. The van der Waals surface area contributed by atoms with Gasteiger partial charge in [-0.3, -0.25) is 0 Å². The topological polar surface area (TPSA) is 91.7 Å². The number of pyridine rings is 1. The van der Waals surface area contributed by atoms with E-state index in [1.54, 1.807) is 7.11 Å². The molecule has 0 unspecified atom stereocenters. The number of nitrogens with zero attached hydrogens (tertiary/aromatic N) is 1. The Morgan fingerprint density at radius 2 is 2.17 bits per heavy atom. The Labute approximate surface area is 145 Å². The minimum absolute atomic E-state index is 0.0285. The molecule has 1 atom stereocenters. The number of carbonyl (C=O) groups is 1. The van der Waals surface area contributed by atoms with E-state index in [9.17, 15) is 4.79 Å². The van der Waals surface area contributed by atoms with Gasteiger partial charge in [0.05, 0.1) is 23.7 Å². The first-order chi connectivity index (χ1) is 11.5. The maximum Gasteiger partial charge on any atom is 0.337 e. The fourth-order valence-corrected chi connectivity index (χ4v) is 2.57. The number of aromatic carboxylic acids is 1. The van der Waals surface area contributed by atoms with Crippen LogP contribution in [0.3, 0.4) is 0 Å². The van der Waals surface area contributed by atoms with Crippen molar-refractivity contribution in [1.29, 1.82) is 0 Å². The SMILES string of the molecule is COc1ccc(CCO)cc1[C@H](C)Nc1ncc(C(=O)O)cc1Cl. The molecule has 0 fully saturated rings. The highest BCUT2D eigenvalue weighted by Gasteiger charge is 2.15. The lowest BCUT2D eigenvalue weighted by molar-refractivity contribution is 0.0696. The van der Waals surface area contributed by atoms with Crippen LogP contribution >= 0.6 is 11.6 Å². The standard InChI is InChI=1S/C17H19ClN2O4/c1-10(13-7-11(5-6-21)3-4-15(13)24-2)20-16-14(18)8-12(9-19-16)17(22)23/h3-4,7-10,21H,5-6H2,1-2H3,(H,19,20)(H,22,23)/t10-/m0/s1. The summed E-state index contributed by atoms with van der Waals surface area (Å²) in [6, 6.07) is 6.87. The Bertz CT molecular complexity index is 737. The summed E-state index contributed by atoms with van der Waals surface area (Å²) in [5.74, 6) is 0.0149. The molecule has 6 nitrogen and oxygen atoms in total. The normalized spacial score (nSPS) is 11.8. The van der Waals surface area contributed by atoms with Crippen LogP contribution in [-0.2, 0) is 6.42 Å². The first-order valence-corrected chi connectivity index (χ1v) is 7.77. The lowest BCUT2D eigenvalue weighted by Crippen LogP contribution is -2.11. The molecule has 2 aromatic rings. The second kappa shape index (κ2) is 7.99. The van der Waals surface area contributed by atoms with Gasteiger partial charge in [-0.2, -0.15) is 0 Å². The van der Waals surface area contributed by atoms with Crippen molar-refractivity contribution in [3.05, 3.63) is 52.2 Å². The van der Waals surface area contributed by atoms with E-state index in [0.717, 1.165) is 11.1 Å². The van der Waals surface area contributed by atoms with Gasteiger partial charge in [-0.15, -0.1) is 0 Å². The third kappa shape index (κ3) is 4.15. The molecule has 0 saturated carbocycles. The molecule has 0 radical (unpaired) electrons. The van der Waals surface area contributed by atoms with Crippen LogP contribution < -0.4 is 10.1 Å². The summed E-state index contributed by atoms with van der Waals surface area (Å²) < 4.78 is 5.38. The van der Waals surface area contributed by atoms with Gasteiger partial charge in [0.1, 0.15) is 11.6 Å². The fourth-order valence-electron chi connectivity index (χ4n) is 2.35. The molecule has 0 aliphatic rings. The zero-order valence-electron chi connectivity index (χ0n) is 13.4. The number of benzene rings is 1. The molecule has 3 N–H and O–H groups in total. The molecule has 0 bridgehead atoms. The van der Waals surface area contributed by atoms with Crippen LogP contribution in [0.25, 0.3) is 0 Å². The molecule has 24 heavy (non-hydrogen) atoms. The van der Waals surface area contributed by atoms with Gasteiger partial charge >= 0.3 is 5.97 Å². The molecule has 0 aliphatic heterocycles. The maximum absolute atomic E-state index is 10.9. The number of hydrogen-bond acceptors (Lipinski definition) is 5. The number of aromatic nitrogens is 1. The van der Waals surface area contributed by atoms with Gasteiger partial charge in [-0.25, -0.2) is 9.78 Å². The van der Waals surface area contributed by atoms with Gasteiger partial charge in [0, 0.05) is 18.4 Å². The molecule has 2 rings (SSSR count). The van der Waals surface area contributed by atoms with Crippen molar-refractivity contribution in [2.24, 2.45) is 0 Å². The van der Waals surface area contributed by atoms with Crippen molar-refractivity contribution in [2.75, 3.05) is 19.0 Å². The summed E-state index contributed by atoms with van der Waals surface area (Å²) in [5.41, 5.74) is 1.91. The Kier molecular flexibility index (Phi) is 6.00. The monoisotopic (exact) mass is 350 g/mol. The average Bonchev–Trinajstić information content (AvgIpc) is 2.56. The fraction of sp³-hybridized carbons (Fsp3) is 0.294. The second-order valence-electron chi connectivity index (χ2n) is 5.28. The number of rotatable bonds is 7. The van der Waals surface area contributed by atoms with Crippen LogP contribution in [0, 0.1) is 0 Å². The zero-order chi connectivity index (χ0) is 17.7. The predicted octanol–water partition coefficient (Wildman–Crippen LogP) is 3.15. The summed E-state index contributed by atoms with van der Waals surface area (Å²) in [4.78, 5) is 15.0. The molecule has 0 aliphatic carbocycles. The summed E-state index contributed by atoms with van der Waals surface area (Å²) in [6.45, 7) is 1.99. The molecule has 128 valence electrons. The summed E-state index contributed by atoms with van der Waals surface area (Å²) >= 11 is 6.11. The van der Waals surface area contributed by atoms with Crippen molar-refractivity contribution >= 4 is 23.4 Å². The van der Waals surface area contributed by atoms with E-state index in [4.69, 9.17) is 26.6 Å². The molecular formula is C17H19ClN2O4. The van der Waals surface area contributed by atoms with E-state index in [0.29, 0.717) is 18.0 Å². The van der Waals surface area contributed by atoms with Gasteiger partial charge in [0.2, 0.25) is 0 Å². The Hall–Kier alpha value is -2.31. The highest BCUT2D eigenvalue weighted by atomic mass is 35.5. The van der Waals surface area contributed by atoms with Crippen molar-refractivity contribution < 1.29 is 19.7 Å². The Morgan fingerprint density at radius 3 is 2.75 bits per heavy atom. The van der Waals surface area contributed by atoms with E-state index in [1.165, 1.54) is 12.3 Å². The van der Waals surface area contributed by atoms with E-state index in [-0.39, 0.29) is 23.2 Å². The van der Waals surface area contributed by atoms with Gasteiger partial charge < -0.3 is 20.3 Å². The maximum atomic E-state index is 10.9. The number of ether oxygens (including phenoxy) is 1. The highest BCUT2D eigenvalue weighted by molar-refractivity contribution is 6.33. The highest BCUT2D eigenvalue weighted by Crippen LogP contribution is 2.30. The molecule has 7 heteroatoms. The summed E-state index contributed by atoms with van der Waals surface area (Å²) in [6.07, 6.45) is 1.80. The third-order valence-corrected chi connectivity index (χ3v) is 3.89. The van der Waals surface area contributed by atoms with Crippen LogP contribution in [-0.4, -0.2) is 34.9 Å². The van der Waals surface area contributed by atoms with Gasteiger partial charge in [0.15, 0.2) is 0 Å². The molecule has 1 heterocycles. The van der Waals surface area contributed by atoms with E-state index in [1.807, 2.05) is 25.1 Å². The van der Waals surface area contributed by atoms with E-state index >= 15 is 0 Å². The largest absolute Gasteiger partial charge is 0.496 e. The van der Waals surface area contributed by atoms with Crippen molar-refractivity contribution in [3.8, 4) is 5.75 Å². The van der Waals surface area contributed by atoms with Crippen molar-refractivity contribution in [3.63, 3.8) is 0 Å². The summed E-state index contributed by atoms with van der Waals surface area (Å²) in [5, 5.41) is 21.4. The lowest BCUT2D eigenvalue weighted by Gasteiger charge is -2.19. The number of halogens is 1. The number of nitrogens with one attached hydrogen (secondary N) is 1. The van der Waals surface area contributed by atoms with Gasteiger partial charge in [-0.1, -0.05) is 17.7 Å². The minimum Gasteiger partial charge on any atom is -0.496 e. The van der Waals surface area contributed by atoms with Crippen LogP contribution in [0.1, 0.15) is 34.5 Å². The van der Waals surface area contributed by atoms with Crippen LogP contribution in [0.4, 0.5) is 5.82 Å². The lowest BCUT2D eigenvalue weighted by atomic mass is 10.0. The number of carboxylic acid groups (broad SMARTS) is 1. The number of anilines is 1. The van der Waals surface area contributed by atoms with Crippen LogP contribution in [0.5, 0.6) is 5.75 Å². The number of carboxylic acids is 1. The quantitative estimate of drug-likeness (QED) is 0.710. The predicted molar refractivity (Wildman–Crippen MR) is 92.0 cm³/mol. The molecule has 1 aromatic heterocycles. The van der Waals surface area contributed by atoms with Crippen molar-refractivity contribution in [2.45, 2.75) is 19.4 Å². The third-order valence-electron chi connectivity index (χ3n) is 3.60. The number of aliphatic hydroxyl groups is 1. The molecule has 0 spiro atoms. The first-order valence-electron chi connectivity index (χ1n) is 7.39. The van der Waals surface area contributed by atoms with Crippen LogP contribution in [0.15, 0.2) is 30.5 Å². The van der Waals surface area contributed by atoms with Crippen molar-refractivity contribution in [1.82, 2.24) is 4.98 Å². The summed E-state index contributed by atoms with van der Waals surface area (Å²) in [7, 11) is 1.59. The second-order valence-corrected chi connectivity index (χ2v) is 5.68. The zero-order valence-corrected chi connectivity index (χ0v) is 14.2. The number of aliphatic hydroxyl groups excluding tert-OH is 1. The molecule has 0 amide bonds. The number of methoxy groups -OCH3 is 1. The van der Waals surface area contributed by atoms with E-state index < -0.39 is 5.97 Å². The Morgan fingerprint density at radius 1 is 1.42 bits per heavy atom. The van der Waals surface area contributed by atoms with E-state index in [2.05, 4.69) is 10.3 Å². The van der Waals surface area contributed by atoms with Crippen LogP contribution in [0.2, 0.25) is 5.02 Å². The minimum atomic E-state index is -1.08. The average molecular weight is 351 g/mol. The molecule has 1 aromatic carbocycles. The smallest absolute Gasteiger partial charge is 0.337 e. The first kappa shape index (κ1) is 18.0. The molecular weight excluding hydrogens is 332 g/mol. The van der Waals surface area contributed by atoms with Gasteiger partial charge in [-0.05, 0) is 37.1 Å². The van der Waals surface area contributed by atoms with Gasteiger partial charge in [0.25, 0.3) is 0 Å². The number of hydrogen-bond donors (Lipinski definition) is 3.